The molecule has 3 atom stereocenters. The molecule has 2 heterocycles. The van der Waals surface area contributed by atoms with Crippen LogP contribution in [0.25, 0.3) is 0 Å². The molecule has 2 saturated heterocycles. The highest BCUT2D eigenvalue weighted by atomic mass is 35.5. The Hall–Kier alpha value is -2.57. The molecule has 2 aliphatic heterocycles. The number of likely N-dealkylation sites (tertiary alicyclic amines) is 1. The monoisotopic (exact) mass is 415 g/mol. The van der Waals surface area contributed by atoms with Crippen LogP contribution in [-0.2, 0) is 9.59 Å². The van der Waals surface area contributed by atoms with Crippen molar-refractivity contribution in [1.82, 2.24) is 4.90 Å². The second-order valence-corrected chi connectivity index (χ2v) is 7.50. The maximum Gasteiger partial charge on any atom is 0.228 e. The third-order valence-electron chi connectivity index (χ3n) is 5.75. The zero-order chi connectivity index (χ0) is 19.7. The van der Waals surface area contributed by atoms with Crippen molar-refractivity contribution in [3.05, 3.63) is 60.2 Å². The Morgan fingerprint density at radius 2 is 1.72 bits per heavy atom. The van der Waals surface area contributed by atoms with Crippen molar-refractivity contribution in [3.63, 3.8) is 0 Å². The molecule has 6 nitrogen and oxygen atoms in total. The molecule has 2 amide bonds. The topological polar surface area (TPSA) is 75.9 Å². The molecule has 0 saturated carbocycles. The number of nitrogens with two attached hydrogens (primary N) is 1. The smallest absolute Gasteiger partial charge is 0.228 e. The van der Waals surface area contributed by atoms with Crippen LogP contribution in [0.1, 0.15) is 17.9 Å². The summed E-state index contributed by atoms with van der Waals surface area (Å²) in [5.41, 5.74) is 8.20. The van der Waals surface area contributed by atoms with Gasteiger partial charge in [-0.05, 0) is 17.7 Å². The van der Waals surface area contributed by atoms with Crippen LogP contribution in [0.4, 0.5) is 5.69 Å². The number of nitrogens with zero attached hydrogens (tertiary/aromatic N) is 2. The Morgan fingerprint density at radius 3 is 2.45 bits per heavy atom. The maximum absolute atomic E-state index is 13.1. The molecule has 7 heteroatoms. The molecule has 4 rings (SSSR count). The van der Waals surface area contributed by atoms with Crippen molar-refractivity contribution >= 4 is 29.9 Å². The second kappa shape index (κ2) is 8.84. The number of rotatable bonds is 4. The molecular weight excluding hydrogens is 390 g/mol. The van der Waals surface area contributed by atoms with Crippen LogP contribution in [0.3, 0.4) is 0 Å². The van der Waals surface area contributed by atoms with Crippen LogP contribution < -0.4 is 15.4 Å². The number of benzene rings is 2. The number of carbonyl (C=O) groups excluding carboxylic acids is 2. The highest BCUT2D eigenvalue weighted by Crippen LogP contribution is 2.34. The van der Waals surface area contributed by atoms with E-state index in [-0.39, 0.29) is 48.5 Å². The zero-order valence-corrected chi connectivity index (χ0v) is 17.2. The standard InChI is InChI=1S/C22H25N3O3.ClH/c1-28-20-10-6-5-9-19(20)25-12-16(11-21(25)26)22(27)24-13-17(18(23)14-24)15-7-3-2-4-8-15;/h2-10,16-18H,11-14,23H2,1H3;1H/t16?,17-,18+;/m0./s1. The zero-order valence-electron chi connectivity index (χ0n) is 16.4. The highest BCUT2D eigenvalue weighted by molar-refractivity contribution is 6.01. The number of hydrogen-bond acceptors (Lipinski definition) is 4. The van der Waals surface area contributed by atoms with Gasteiger partial charge >= 0.3 is 0 Å². The summed E-state index contributed by atoms with van der Waals surface area (Å²) in [5, 5.41) is 0. The quantitative estimate of drug-likeness (QED) is 0.832. The van der Waals surface area contributed by atoms with Crippen molar-refractivity contribution in [3.8, 4) is 5.75 Å². The van der Waals surface area contributed by atoms with Crippen LogP contribution in [0, 0.1) is 5.92 Å². The molecule has 2 fully saturated rings. The maximum atomic E-state index is 13.1. The number of amides is 2. The Kier molecular flexibility index (Phi) is 6.45. The molecule has 1 unspecified atom stereocenters. The van der Waals surface area contributed by atoms with E-state index in [4.69, 9.17) is 10.5 Å². The molecule has 154 valence electrons. The number of ether oxygens (including phenoxy) is 1. The van der Waals surface area contributed by atoms with Gasteiger partial charge in [0, 0.05) is 38.0 Å². The Morgan fingerprint density at radius 1 is 1.03 bits per heavy atom. The molecule has 0 aliphatic carbocycles. The van der Waals surface area contributed by atoms with Crippen LogP contribution in [0.2, 0.25) is 0 Å². The van der Waals surface area contributed by atoms with Gasteiger partial charge in [-0.25, -0.2) is 0 Å². The normalized spacial score (nSPS) is 23.8. The lowest BCUT2D eigenvalue weighted by atomic mass is 9.95. The Balaban J connectivity index is 0.00000240. The number of anilines is 1. The summed E-state index contributed by atoms with van der Waals surface area (Å²) in [6.07, 6.45) is 0.221. The van der Waals surface area contributed by atoms with Gasteiger partial charge < -0.3 is 20.3 Å². The summed E-state index contributed by atoms with van der Waals surface area (Å²) in [6, 6.07) is 17.4. The number of methoxy groups -OCH3 is 1. The van der Waals surface area contributed by atoms with Gasteiger partial charge in [-0.1, -0.05) is 42.5 Å². The first-order valence-electron chi connectivity index (χ1n) is 9.61. The minimum atomic E-state index is -0.348. The largest absolute Gasteiger partial charge is 0.495 e. The number of hydrogen-bond donors (Lipinski definition) is 1. The van der Waals surface area contributed by atoms with Crippen molar-refractivity contribution < 1.29 is 14.3 Å². The number of halogens is 1. The van der Waals surface area contributed by atoms with Gasteiger partial charge in [0.05, 0.1) is 18.7 Å². The minimum absolute atomic E-state index is 0. The number of para-hydroxylation sites is 2. The van der Waals surface area contributed by atoms with Gasteiger partial charge in [0.15, 0.2) is 0 Å². The lowest BCUT2D eigenvalue weighted by Gasteiger charge is -2.22. The lowest BCUT2D eigenvalue weighted by Crippen LogP contribution is -2.37. The minimum Gasteiger partial charge on any atom is -0.495 e. The number of carbonyl (C=O) groups is 2. The molecule has 2 aliphatic rings. The van der Waals surface area contributed by atoms with Gasteiger partial charge in [0.25, 0.3) is 0 Å². The van der Waals surface area contributed by atoms with Crippen molar-refractivity contribution in [1.29, 1.82) is 0 Å². The average Bonchev–Trinajstić information content (AvgIpc) is 3.31. The highest BCUT2D eigenvalue weighted by Gasteiger charge is 2.41. The molecule has 2 aromatic carbocycles. The summed E-state index contributed by atoms with van der Waals surface area (Å²) < 4.78 is 5.37. The van der Waals surface area contributed by atoms with E-state index in [1.807, 2.05) is 47.4 Å². The lowest BCUT2D eigenvalue weighted by molar-refractivity contribution is -0.134. The molecule has 0 aromatic heterocycles. The first-order chi connectivity index (χ1) is 13.6. The first-order valence-corrected chi connectivity index (χ1v) is 9.61. The van der Waals surface area contributed by atoms with E-state index in [1.54, 1.807) is 12.0 Å². The third kappa shape index (κ3) is 4.09. The molecule has 0 spiro atoms. The predicted molar refractivity (Wildman–Crippen MR) is 114 cm³/mol. The molecular formula is C22H26ClN3O3. The Bertz CT molecular complexity index is 877. The summed E-state index contributed by atoms with van der Waals surface area (Å²) >= 11 is 0. The van der Waals surface area contributed by atoms with Crippen LogP contribution >= 0.6 is 12.4 Å². The third-order valence-corrected chi connectivity index (χ3v) is 5.75. The fourth-order valence-electron chi connectivity index (χ4n) is 4.28. The Labute approximate surface area is 177 Å². The van der Waals surface area contributed by atoms with Crippen LogP contribution in [0.15, 0.2) is 54.6 Å². The summed E-state index contributed by atoms with van der Waals surface area (Å²) in [6.45, 7) is 1.50. The SMILES string of the molecule is COc1ccccc1N1CC(C(=O)N2C[C@@H](N)[C@H](c3ccccc3)C2)CC1=O.Cl. The van der Waals surface area contributed by atoms with Gasteiger partial charge in [-0.15, -0.1) is 12.4 Å². The summed E-state index contributed by atoms with van der Waals surface area (Å²) in [7, 11) is 1.58. The van der Waals surface area contributed by atoms with E-state index in [2.05, 4.69) is 12.1 Å². The van der Waals surface area contributed by atoms with Gasteiger partial charge in [0.1, 0.15) is 5.75 Å². The first kappa shape index (κ1) is 21.1. The molecule has 29 heavy (non-hydrogen) atoms. The van der Waals surface area contributed by atoms with Gasteiger partial charge in [-0.2, -0.15) is 0 Å². The van der Waals surface area contributed by atoms with Crippen molar-refractivity contribution in [2.24, 2.45) is 11.7 Å². The van der Waals surface area contributed by atoms with Gasteiger partial charge in [0.2, 0.25) is 11.8 Å². The van der Waals surface area contributed by atoms with Gasteiger partial charge in [-0.3, -0.25) is 9.59 Å². The molecule has 2 aromatic rings. The molecule has 2 N–H and O–H groups in total. The fraction of sp³-hybridized carbons (Fsp3) is 0.364. The molecule has 0 radical (unpaired) electrons. The fourth-order valence-corrected chi connectivity index (χ4v) is 4.28. The van der Waals surface area contributed by atoms with E-state index in [0.717, 1.165) is 5.56 Å². The van der Waals surface area contributed by atoms with E-state index in [1.165, 1.54) is 0 Å². The van der Waals surface area contributed by atoms with E-state index >= 15 is 0 Å². The van der Waals surface area contributed by atoms with Crippen molar-refractivity contribution in [2.45, 2.75) is 18.4 Å². The van der Waals surface area contributed by atoms with E-state index in [0.29, 0.717) is 31.1 Å². The van der Waals surface area contributed by atoms with Crippen LogP contribution in [-0.4, -0.2) is 49.5 Å². The van der Waals surface area contributed by atoms with E-state index in [9.17, 15) is 9.59 Å². The second-order valence-electron chi connectivity index (χ2n) is 7.50. The van der Waals surface area contributed by atoms with Crippen LogP contribution in [0.5, 0.6) is 5.75 Å². The average molecular weight is 416 g/mol. The molecule has 0 bridgehead atoms. The van der Waals surface area contributed by atoms with E-state index < -0.39 is 0 Å². The summed E-state index contributed by atoms with van der Waals surface area (Å²) in [4.78, 5) is 29.2. The van der Waals surface area contributed by atoms with Crippen molar-refractivity contribution in [2.75, 3.05) is 31.6 Å². The summed E-state index contributed by atoms with van der Waals surface area (Å²) in [5.74, 6) is 0.383. The predicted octanol–water partition coefficient (Wildman–Crippen LogP) is 2.42.